The van der Waals surface area contributed by atoms with E-state index in [-0.39, 0.29) is 6.04 Å². The number of hydrogen-bond acceptors (Lipinski definition) is 5. The highest BCUT2D eigenvalue weighted by Crippen LogP contribution is 2.40. The number of anilines is 1. The Bertz CT molecular complexity index is 1020. The second kappa shape index (κ2) is 5.33. The lowest BCUT2D eigenvalue weighted by molar-refractivity contribution is 0.674. The summed E-state index contributed by atoms with van der Waals surface area (Å²) in [6.45, 7) is 2.35. The zero-order valence-electron chi connectivity index (χ0n) is 13.5. The first-order valence-corrected chi connectivity index (χ1v) is 8.03. The molecule has 1 saturated carbocycles. The molecule has 3 aromatic rings. The van der Waals surface area contributed by atoms with Gasteiger partial charge in [-0.1, -0.05) is 0 Å². The van der Waals surface area contributed by atoms with Crippen LogP contribution in [0.3, 0.4) is 0 Å². The number of aromatic amines is 1. The van der Waals surface area contributed by atoms with Crippen LogP contribution in [0.4, 0.5) is 5.82 Å². The number of nitrogens with one attached hydrogen (secondary N) is 2. The maximum Gasteiger partial charge on any atom is 0.330 e. The van der Waals surface area contributed by atoms with Crippen molar-refractivity contribution in [3.8, 4) is 11.4 Å². The van der Waals surface area contributed by atoms with Crippen molar-refractivity contribution in [3.05, 3.63) is 39.2 Å². The zero-order valence-corrected chi connectivity index (χ0v) is 13.5. The van der Waals surface area contributed by atoms with Crippen molar-refractivity contribution in [1.82, 2.24) is 24.1 Å². The number of aromatic nitrogens is 5. The molecule has 1 aliphatic carbocycles. The largest absolute Gasteiger partial charge is 0.373 e. The molecule has 0 atom stereocenters. The van der Waals surface area contributed by atoms with E-state index in [9.17, 15) is 9.59 Å². The molecule has 124 valence electrons. The molecule has 1 fully saturated rings. The molecule has 0 saturated heterocycles. The number of H-pyrrole nitrogens is 1. The molecule has 0 radical (unpaired) electrons. The summed E-state index contributed by atoms with van der Waals surface area (Å²) in [5, 5.41) is 2.98. The Hall–Kier alpha value is -2.90. The van der Waals surface area contributed by atoms with Crippen molar-refractivity contribution < 1.29 is 0 Å². The summed E-state index contributed by atoms with van der Waals surface area (Å²) in [6, 6.07) is 4.05. The predicted molar refractivity (Wildman–Crippen MR) is 91.3 cm³/mol. The molecular weight excluding hydrogens is 308 g/mol. The lowest BCUT2D eigenvalue weighted by Crippen LogP contribution is -2.30. The Morgan fingerprint density at radius 3 is 2.71 bits per heavy atom. The van der Waals surface area contributed by atoms with E-state index in [4.69, 9.17) is 0 Å². The minimum absolute atomic E-state index is 0.271. The third kappa shape index (κ3) is 2.14. The first kappa shape index (κ1) is 14.7. The molecule has 8 heteroatoms. The zero-order chi connectivity index (χ0) is 16.8. The Labute approximate surface area is 137 Å². The maximum atomic E-state index is 12.2. The Morgan fingerprint density at radius 1 is 1.33 bits per heavy atom. The SMILES string of the molecule is CCn1c(=O)[nH]c(=O)c2nc(-c3ccc(NC)nc3)n(C3CC3)c21. The van der Waals surface area contributed by atoms with Crippen molar-refractivity contribution >= 4 is 17.0 Å². The van der Waals surface area contributed by atoms with E-state index in [1.807, 2.05) is 23.6 Å². The second-order valence-electron chi connectivity index (χ2n) is 5.89. The van der Waals surface area contributed by atoms with E-state index in [1.54, 1.807) is 17.8 Å². The van der Waals surface area contributed by atoms with Gasteiger partial charge in [0.2, 0.25) is 0 Å². The minimum atomic E-state index is -0.444. The molecular formula is C16H18N6O2. The van der Waals surface area contributed by atoms with E-state index in [2.05, 4.69) is 20.3 Å². The Balaban J connectivity index is 2.05. The van der Waals surface area contributed by atoms with Gasteiger partial charge in [-0.2, -0.15) is 0 Å². The molecule has 1 aliphatic rings. The summed E-state index contributed by atoms with van der Waals surface area (Å²) in [6.07, 6.45) is 3.77. The van der Waals surface area contributed by atoms with E-state index >= 15 is 0 Å². The number of hydrogen-bond donors (Lipinski definition) is 2. The summed E-state index contributed by atoms with van der Waals surface area (Å²) in [7, 11) is 1.81. The van der Waals surface area contributed by atoms with Crippen molar-refractivity contribution in [2.24, 2.45) is 0 Å². The number of aryl methyl sites for hydroxylation is 1. The molecule has 4 rings (SSSR count). The maximum absolute atomic E-state index is 12.2. The van der Waals surface area contributed by atoms with Gasteiger partial charge in [-0.25, -0.2) is 14.8 Å². The minimum Gasteiger partial charge on any atom is -0.373 e. The molecule has 0 amide bonds. The quantitative estimate of drug-likeness (QED) is 0.754. The van der Waals surface area contributed by atoms with Gasteiger partial charge >= 0.3 is 5.69 Å². The topological polar surface area (TPSA) is 97.6 Å². The lowest BCUT2D eigenvalue weighted by Gasteiger charge is -2.11. The summed E-state index contributed by atoms with van der Waals surface area (Å²) in [5.41, 5.74) is 0.885. The van der Waals surface area contributed by atoms with Crippen LogP contribution in [0.1, 0.15) is 25.8 Å². The van der Waals surface area contributed by atoms with Gasteiger partial charge in [0.1, 0.15) is 11.6 Å². The highest BCUT2D eigenvalue weighted by atomic mass is 16.2. The summed E-state index contributed by atoms with van der Waals surface area (Å²) in [4.78, 5) is 35.6. The van der Waals surface area contributed by atoms with Crippen LogP contribution in [-0.2, 0) is 6.54 Å². The van der Waals surface area contributed by atoms with E-state index in [1.165, 1.54) is 0 Å². The predicted octanol–water partition coefficient (Wildman–Crippen LogP) is 1.34. The van der Waals surface area contributed by atoms with Crippen LogP contribution in [-0.4, -0.2) is 31.1 Å². The lowest BCUT2D eigenvalue weighted by atomic mass is 10.2. The monoisotopic (exact) mass is 326 g/mol. The van der Waals surface area contributed by atoms with Gasteiger partial charge in [-0.15, -0.1) is 0 Å². The second-order valence-corrected chi connectivity index (χ2v) is 5.89. The number of rotatable bonds is 4. The molecule has 8 nitrogen and oxygen atoms in total. The molecule has 0 bridgehead atoms. The standard InChI is InChI=1S/C16H18N6O2/c1-3-21-15-12(14(23)20-16(21)24)19-13(22(15)10-5-6-10)9-4-7-11(17-2)18-8-9/h4,7-8,10H,3,5-6H2,1-2H3,(H,17,18)(H,20,23,24). The van der Waals surface area contributed by atoms with Gasteiger partial charge in [0, 0.05) is 31.4 Å². The van der Waals surface area contributed by atoms with Crippen LogP contribution in [0.2, 0.25) is 0 Å². The van der Waals surface area contributed by atoms with Crippen molar-refractivity contribution in [3.63, 3.8) is 0 Å². The van der Waals surface area contributed by atoms with Crippen molar-refractivity contribution in [2.75, 3.05) is 12.4 Å². The highest BCUT2D eigenvalue weighted by molar-refractivity contribution is 5.77. The molecule has 0 spiro atoms. The fraction of sp³-hybridized carbons (Fsp3) is 0.375. The van der Waals surface area contributed by atoms with Crippen molar-refractivity contribution in [2.45, 2.75) is 32.4 Å². The molecule has 24 heavy (non-hydrogen) atoms. The third-order valence-electron chi connectivity index (χ3n) is 4.33. The Morgan fingerprint density at radius 2 is 2.12 bits per heavy atom. The van der Waals surface area contributed by atoms with E-state index < -0.39 is 11.2 Å². The highest BCUT2D eigenvalue weighted by Gasteiger charge is 2.31. The summed E-state index contributed by atoms with van der Waals surface area (Å²) < 4.78 is 3.59. The van der Waals surface area contributed by atoms with Gasteiger partial charge in [-0.05, 0) is 31.9 Å². The average Bonchev–Trinajstić information content (AvgIpc) is 3.35. The van der Waals surface area contributed by atoms with Crippen LogP contribution in [0.15, 0.2) is 27.9 Å². The molecule has 3 heterocycles. The van der Waals surface area contributed by atoms with Gasteiger partial charge < -0.3 is 9.88 Å². The van der Waals surface area contributed by atoms with Crippen LogP contribution in [0.25, 0.3) is 22.6 Å². The third-order valence-corrected chi connectivity index (χ3v) is 4.33. The molecule has 0 unspecified atom stereocenters. The fourth-order valence-corrected chi connectivity index (χ4v) is 3.00. The van der Waals surface area contributed by atoms with E-state index in [0.29, 0.717) is 23.5 Å². The van der Waals surface area contributed by atoms with Crippen LogP contribution in [0.5, 0.6) is 0 Å². The number of nitrogens with zero attached hydrogens (tertiary/aromatic N) is 4. The van der Waals surface area contributed by atoms with Crippen molar-refractivity contribution in [1.29, 1.82) is 0 Å². The van der Waals surface area contributed by atoms with Gasteiger partial charge in [0.25, 0.3) is 5.56 Å². The molecule has 3 aromatic heterocycles. The first-order chi connectivity index (χ1) is 11.6. The van der Waals surface area contributed by atoms with Gasteiger partial charge in [0.05, 0.1) is 0 Å². The smallest absolute Gasteiger partial charge is 0.330 e. The summed E-state index contributed by atoms with van der Waals surface area (Å²) in [5.74, 6) is 1.44. The molecule has 0 aliphatic heterocycles. The first-order valence-electron chi connectivity index (χ1n) is 8.03. The molecule has 0 aromatic carbocycles. The Kier molecular flexibility index (Phi) is 3.26. The average molecular weight is 326 g/mol. The fourth-order valence-electron chi connectivity index (χ4n) is 3.00. The van der Waals surface area contributed by atoms with Crippen LogP contribution < -0.4 is 16.6 Å². The van der Waals surface area contributed by atoms with Crippen LogP contribution >= 0.6 is 0 Å². The normalized spacial score (nSPS) is 14.2. The number of pyridine rings is 1. The van der Waals surface area contributed by atoms with Gasteiger partial charge in [-0.3, -0.25) is 14.3 Å². The van der Waals surface area contributed by atoms with Crippen LogP contribution in [0, 0.1) is 0 Å². The summed E-state index contributed by atoms with van der Waals surface area (Å²) >= 11 is 0. The number of imidazole rings is 1. The van der Waals surface area contributed by atoms with E-state index in [0.717, 1.165) is 24.2 Å². The number of fused-ring (bicyclic) bond motifs is 1. The van der Waals surface area contributed by atoms with Gasteiger partial charge in [0.15, 0.2) is 11.2 Å². The molecule has 2 N–H and O–H groups in total.